The van der Waals surface area contributed by atoms with Crippen LogP contribution in [0.5, 0.6) is 11.6 Å². The first-order chi connectivity index (χ1) is 16.5. The number of halogens is 2. The highest BCUT2D eigenvalue weighted by molar-refractivity contribution is 6.11. The minimum atomic E-state index is -1.04. The van der Waals surface area contributed by atoms with Gasteiger partial charge in [0.1, 0.15) is 11.3 Å². The number of benzene rings is 2. The number of hydrogen-bond acceptors (Lipinski definition) is 5. The Hall–Kier alpha value is -4.53. The molecule has 170 valence electrons. The normalized spacial score (nSPS) is 11.1. The van der Waals surface area contributed by atoms with Crippen molar-refractivity contribution >= 4 is 33.5 Å². The zero-order valence-corrected chi connectivity index (χ0v) is 18.1. The van der Waals surface area contributed by atoms with E-state index in [0.29, 0.717) is 39.2 Å². The van der Waals surface area contributed by atoms with Gasteiger partial charge in [0.2, 0.25) is 11.7 Å². The molecule has 0 radical (unpaired) electrons. The largest absolute Gasteiger partial charge is 0.494 e. The third-order valence-corrected chi connectivity index (χ3v) is 5.49. The number of pyridine rings is 2. The lowest BCUT2D eigenvalue weighted by molar-refractivity contribution is 0.102. The fourth-order valence-corrected chi connectivity index (χ4v) is 3.74. The number of anilines is 1. The summed E-state index contributed by atoms with van der Waals surface area (Å²) in [6.45, 7) is 0. The molecule has 0 saturated carbocycles. The van der Waals surface area contributed by atoms with Crippen molar-refractivity contribution < 1.29 is 23.0 Å². The van der Waals surface area contributed by atoms with Crippen LogP contribution < -0.4 is 14.8 Å². The molecule has 1 amide bonds. The van der Waals surface area contributed by atoms with Gasteiger partial charge < -0.3 is 19.8 Å². The van der Waals surface area contributed by atoms with Crippen LogP contribution in [0.1, 0.15) is 10.4 Å². The number of fused-ring (bicyclic) bond motifs is 2. The molecule has 0 spiro atoms. The van der Waals surface area contributed by atoms with Gasteiger partial charge in [0.25, 0.3) is 5.91 Å². The Morgan fingerprint density at radius 3 is 2.62 bits per heavy atom. The number of aromatic amines is 1. The van der Waals surface area contributed by atoms with Gasteiger partial charge >= 0.3 is 0 Å². The van der Waals surface area contributed by atoms with Crippen molar-refractivity contribution in [3.05, 3.63) is 78.1 Å². The zero-order valence-electron chi connectivity index (χ0n) is 18.1. The van der Waals surface area contributed by atoms with Crippen LogP contribution in [-0.4, -0.2) is 35.1 Å². The maximum absolute atomic E-state index is 14.5. The lowest BCUT2D eigenvalue weighted by Gasteiger charge is -2.10. The highest BCUT2D eigenvalue weighted by Gasteiger charge is 2.17. The molecule has 3 heterocycles. The molecule has 9 heteroatoms. The van der Waals surface area contributed by atoms with Crippen LogP contribution in [-0.2, 0) is 0 Å². The predicted molar refractivity (Wildman–Crippen MR) is 124 cm³/mol. The van der Waals surface area contributed by atoms with Crippen molar-refractivity contribution in [1.29, 1.82) is 0 Å². The third-order valence-electron chi connectivity index (χ3n) is 5.49. The first-order valence-electron chi connectivity index (χ1n) is 10.2. The van der Waals surface area contributed by atoms with Crippen molar-refractivity contribution in [2.24, 2.45) is 0 Å². The van der Waals surface area contributed by atoms with Gasteiger partial charge in [-0.05, 0) is 41.3 Å². The Kier molecular flexibility index (Phi) is 5.29. The SMILES string of the molecule is COc1ccc2[nH]cc(C(=O)Nc3cc4ccc(-c5ccc(OC)c(F)c5F)cc4cn3)c2n1. The number of H-pyrrole nitrogens is 1. The molecule has 0 aliphatic carbocycles. The molecule has 7 nitrogen and oxygen atoms in total. The number of amides is 1. The van der Waals surface area contributed by atoms with Crippen LogP contribution in [0.15, 0.2) is 60.9 Å². The van der Waals surface area contributed by atoms with Crippen LogP contribution >= 0.6 is 0 Å². The summed E-state index contributed by atoms with van der Waals surface area (Å²) < 4.78 is 38.6. The van der Waals surface area contributed by atoms with E-state index in [1.54, 1.807) is 48.8 Å². The molecule has 0 saturated heterocycles. The van der Waals surface area contributed by atoms with Crippen LogP contribution in [0.4, 0.5) is 14.6 Å². The maximum Gasteiger partial charge on any atom is 0.260 e. The smallest absolute Gasteiger partial charge is 0.260 e. The fourth-order valence-electron chi connectivity index (χ4n) is 3.74. The number of carbonyl (C=O) groups excluding carboxylic acids is 1. The number of carbonyl (C=O) groups is 1. The molecule has 5 aromatic rings. The summed E-state index contributed by atoms with van der Waals surface area (Å²) in [5.74, 6) is -1.84. The van der Waals surface area contributed by atoms with E-state index in [9.17, 15) is 13.6 Å². The first-order valence-corrected chi connectivity index (χ1v) is 10.2. The summed E-state index contributed by atoms with van der Waals surface area (Å²) in [7, 11) is 2.78. The molecule has 0 unspecified atom stereocenters. The molecule has 2 N–H and O–H groups in total. The molecule has 5 rings (SSSR count). The average molecular weight is 460 g/mol. The molecular formula is C25H18F2N4O3. The maximum atomic E-state index is 14.5. The molecule has 34 heavy (non-hydrogen) atoms. The quantitative estimate of drug-likeness (QED) is 0.370. The zero-order chi connectivity index (χ0) is 23.8. The summed E-state index contributed by atoms with van der Waals surface area (Å²) >= 11 is 0. The van der Waals surface area contributed by atoms with E-state index >= 15 is 0 Å². The number of hydrogen-bond donors (Lipinski definition) is 2. The highest BCUT2D eigenvalue weighted by Crippen LogP contribution is 2.32. The van der Waals surface area contributed by atoms with Gasteiger partial charge in [0.05, 0.1) is 25.3 Å². The van der Waals surface area contributed by atoms with Crippen LogP contribution in [0.25, 0.3) is 32.9 Å². The third kappa shape index (κ3) is 3.66. The van der Waals surface area contributed by atoms with Crippen molar-refractivity contribution in [1.82, 2.24) is 15.0 Å². The average Bonchev–Trinajstić information content (AvgIpc) is 3.28. The van der Waals surface area contributed by atoms with Crippen molar-refractivity contribution in [3.63, 3.8) is 0 Å². The summed E-state index contributed by atoms with van der Waals surface area (Å²) in [5, 5.41) is 4.23. The van der Waals surface area contributed by atoms with E-state index in [0.717, 1.165) is 5.39 Å². The standard InChI is InChI=1S/C25H18F2N4O3/c1-33-19-7-5-16(22(26)23(19)27)14-4-3-13-10-20(29-11-15(13)9-14)30-25(32)17-12-28-18-6-8-21(34-2)31-24(17)18/h3-12,28H,1-2H3,(H,29,30,32). The van der Waals surface area contributed by atoms with Crippen molar-refractivity contribution in [2.75, 3.05) is 19.5 Å². The Morgan fingerprint density at radius 2 is 1.82 bits per heavy atom. The predicted octanol–water partition coefficient (Wildman–Crippen LogP) is 5.33. The van der Waals surface area contributed by atoms with Crippen LogP contribution in [0.3, 0.4) is 0 Å². The second-order valence-electron chi connectivity index (χ2n) is 7.48. The monoisotopic (exact) mass is 460 g/mol. The summed E-state index contributed by atoms with van der Waals surface area (Å²) in [6.07, 6.45) is 3.13. The summed E-state index contributed by atoms with van der Waals surface area (Å²) in [5.41, 5.74) is 2.13. The molecule has 3 aromatic heterocycles. The number of ether oxygens (including phenoxy) is 2. The van der Waals surface area contributed by atoms with E-state index in [2.05, 4.69) is 20.3 Å². The lowest BCUT2D eigenvalue weighted by Crippen LogP contribution is -2.12. The van der Waals surface area contributed by atoms with Gasteiger partial charge in [-0.2, -0.15) is 4.39 Å². The minimum Gasteiger partial charge on any atom is -0.494 e. The molecule has 0 bridgehead atoms. The number of rotatable bonds is 5. The Labute approximate surface area is 192 Å². The lowest BCUT2D eigenvalue weighted by atomic mass is 10.0. The fraction of sp³-hybridized carbons (Fsp3) is 0.0800. The second-order valence-corrected chi connectivity index (χ2v) is 7.48. The summed E-state index contributed by atoms with van der Waals surface area (Å²) in [4.78, 5) is 24.5. The number of nitrogens with one attached hydrogen (secondary N) is 2. The molecule has 0 atom stereocenters. The van der Waals surface area contributed by atoms with Gasteiger partial charge in [-0.15, -0.1) is 0 Å². The Bertz CT molecular complexity index is 1570. The molecule has 0 aliphatic heterocycles. The molecular weight excluding hydrogens is 442 g/mol. The molecule has 0 aliphatic rings. The van der Waals surface area contributed by atoms with Gasteiger partial charge in [-0.1, -0.05) is 12.1 Å². The topological polar surface area (TPSA) is 89.1 Å². The van der Waals surface area contributed by atoms with E-state index in [1.165, 1.54) is 26.4 Å². The number of aromatic nitrogens is 3. The first kappa shape index (κ1) is 21.3. The Balaban J connectivity index is 1.43. The van der Waals surface area contributed by atoms with Crippen LogP contribution in [0.2, 0.25) is 0 Å². The van der Waals surface area contributed by atoms with Crippen molar-refractivity contribution in [2.45, 2.75) is 0 Å². The van der Waals surface area contributed by atoms with E-state index < -0.39 is 11.6 Å². The summed E-state index contributed by atoms with van der Waals surface area (Å²) in [6, 6.07) is 13.1. The second kappa shape index (κ2) is 8.43. The van der Waals surface area contributed by atoms with E-state index in [4.69, 9.17) is 9.47 Å². The highest BCUT2D eigenvalue weighted by atomic mass is 19.2. The Morgan fingerprint density at radius 1 is 0.971 bits per heavy atom. The van der Waals surface area contributed by atoms with Gasteiger partial charge in [0.15, 0.2) is 11.6 Å². The van der Waals surface area contributed by atoms with Gasteiger partial charge in [-0.3, -0.25) is 4.79 Å². The van der Waals surface area contributed by atoms with E-state index in [-0.39, 0.29) is 17.2 Å². The number of nitrogens with zero attached hydrogens (tertiary/aromatic N) is 2. The van der Waals surface area contributed by atoms with E-state index in [1.807, 2.05) is 0 Å². The van der Waals surface area contributed by atoms with Gasteiger partial charge in [-0.25, -0.2) is 14.4 Å². The van der Waals surface area contributed by atoms with Crippen molar-refractivity contribution in [3.8, 4) is 22.8 Å². The molecule has 0 fully saturated rings. The van der Waals surface area contributed by atoms with Crippen LogP contribution in [0, 0.1) is 11.6 Å². The molecule has 2 aromatic carbocycles. The minimum absolute atomic E-state index is 0.111. The number of methoxy groups -OCH3 is 2. The van der Waals surface area contributed by atoms with Gasteiger partial charge in [0, 0.05) is 29.4 Å².